The molecule has 2 heterocycles. The van der Waals surface area contributed by atoms with Crippen LogP contribution in [0.5, 0.6) is 0 Å². The number of nitrogens with two attached hydrogens (primary N) is 1. The second-order valence-electron chi connectivity index (χ2n) is 3.54. The van der Waals surface area contributed by atoms with Crippen molar-refractivity contribution < 1.29 is 8.42 Å². The number of aryl methyl sites for hydroxylation is 1. The molecule has 1 aliphatic heterocycles. The summed E-state index contributed by atoms with van der Waals surface area (Å²) < 4.78 is 27.2. The first-order valence-corrected chi connectivity index (χ1v) is 6.24. The maximum absolute atomic E-state index is 11.8. The Morgan fingerprint density at radius 1 is 1.50 bits per heavy atom. The standard InChI is InChI=1S/C9H12N4O2S/c1-6-4-7-9(11-5-6)12-8(2-3-10)13-16(7,14)15/h4-5H,2-3,10H2,1H3,(H,11,12,13). The lowest BCUT2D eigenvalue weighted by Crippen LogP contribution is -2.24. The Hall–Kier alpha value is -1.47. The fraction of sp³-hybridized carbons (Fsp3) is 0.333. The minimum atomic E-state index is -3.63. The Bertz CT molecular complexity index is 551. The summed E-state index contributed by atoms with van der Waals surface area (Å²) in [6.07, 6.45) is 1.99. The fourth-order valence-electron chi connectivity index (χ4n) is 1.43. The van der Waals surface area contributed by atoms with Crippen LogP contribution in [0.1, 0.15) is 12.0 Å². The van der Waals surface area contributed by atoms with E-state index in [4.69, 9.17) is 5.73 Å². The summed E-state index contributed by atoms with van der Waals surface area (Å²) in [5.41, 5.74) is 6.14. The molecule has 0 fully saturated rings. The van der Waals surface area contributed by atoms with Gasteiger partial charge in [-0.05, 0) is 25.1 Å². The molecule has 0 radical (unpaired) electrons. The molecule has 0 unspecified atom stereocenters. The third-order valence-electron chi connectivity index (χ3n) is 2.14. The van der Waals surface area contributed by atoms with E-state index in [0.29, 0.717) is 24.6 Å². The van der Waals surface area contributed by atoms with E-state index < -0.39 is 10.0 Å². The smallest absolute Gasteiger partial charge is 0.287 e. The number of rotatable bonds is 2. The number of fused-ring (bicyclic) bond motifs is 1. The van der Waals surface area contributed by atoms with Crippen molar-refractivity contribution >= 4 is 21.7 Å². The lowest BCUT2D eigenvalue weighted by atomic mass is 10.3. The van der Waals surface area contributed by atoms with Gasteiger partial charge in [0.2, 0.25) is 0 Å². The van der Waals surface area contributed by atoms with Gasteiger partial charge in [-0.2, -0.15) is 8.42 Å². The minimum Gasteiger partial charge on any atom is -0.330 e. The molecular formula is C9H12N4O2S. The summed E-state index contributed by atoms with van der Waals surface area (Å²) in [7, 11) is -3.63. The highest BCUT2D eigenvalue weighted by molar-refractivity contribution is 7.90. The highest BCUT2D eigenvalue weighted by Crippen LogP contribution is 2.26. The van der Waals surface area contributed by atoms with Gasteiger partial charge in [-0.1, -0.05) is 0 Å². The molecule has 0 saturated carbocycles. The molecule has 2 rings (SSSR count). The zero-order valence-corrected chi connectivity index (χ0v) is 9.58. The molecule has 7 heteroatoms. The number of pyridine rings is 1. The average molecular weight is 240 g/mol. The molecule has 1 aromatic rings. The Labute approximate surface area is 93.7 Å². The van der Waals surface area contributed by atoms with Crippen LogP contribution in [0.15, 0.2) is 21.6 Å². The summed E-state index contributed by atoms with van der Waals surface area (Å²) >= 11 is 0. The fourth-order valence-corrected chi connectivity index (χ4v) is 2.64. The van der Waals surface area contributed by atoms with E-state index in [9.17, 15) is 8.42 Å². The van der Waals surface area contributed by atoms with Crippen molar-refractivity contribution in [3.8, 4) is 0 Å². The number of nitrogens with one attached hydrogen (secondary N) is 1. The molecule has 0 amide bonds. The number of aromatic nitrogens is 1. The molecular weight excluding hydrogens is 228 g/mol. The third-order valence-corrected chi connectivity index (χ3v) is 3.47. The number of sulfonamides is 1. The number of nitrogens with zero attached hydrogens (tertiary/aromatic N) is 2. The van der Waals surface area contributed by atoms with Crippen LogP contribution >= 0.6 is 0 Å². The minimum absolute atomic E-state index is 0.119. The van der Waals surface area contributed by atoms with Crippen LogP contribution in [0, 0.1) is 6.92 Å². The molecule has 1 aromatic heterocycles. The molecule has 0 saturated heterocycles. The van der Waals surface area contributed by atoms with Crippen molar-refractivity contribution in [2.75, 3.05) is 11.9 Å². The van der Waals surface area contributed by atoms with Crippen LogP contribution in [0.4, 0.5) is 5.82 Å². The van der Waals surface area contributed by atoms with Crippen LogP contribution in [0.2, 0.25) is 0 Å². The third kappa shape index (κ3) is 1.91. The van der Waals surface area contributed by atoms with Crippen LogP contribution in [-0.4, -0.2) is 25.8 Å². The summed E-state index contributed by atoms with van der Waals surface area (Å²) in [5, 5.41) is 2.86. The van der Waals surface area contributed by atoms with E-state index in [1.54, 1.807) is 19.2 Å². The molecule has 86 valence electrons. The lowest BCUT2D eigenvalue weighted by Gasteiger charge is -2.16. The van der Waals surface area contributed by atoms with E-state index in [1.807, 2.05) is 0 Å². The first-order valence-electron chi connectivity index (χ1n) is 4.80. The first-order chi connectivity index (χ1) is 7.53. The van der Waals surface area contributed by atoms with Gasteiger partial charge < -0.3 is 11.1 Å². The van der Waals surface area contributed by atoms with Crippen molar-refractivity contribution in [2.24, 2.45) is 10.1 Å². The van der Waals surface area contributed by atoms with E-state index in [-0.39, 0.29) is 4.90 Å². The van der Waals surface area contributed by atoms with E-state index in [0.717, 1.165) is 5.56 Å². The number of amidine groups is 1. The predicted molar refractivity (Wildman–Crippen MR) is 60.9 cm³/mol. The van der Waals surface area contributed by atoms with E-state index in [2.05, 4.69) is 14.7 Å². The van der Waals surface area contributed by atoms with Crippen LogP contribution in [0.25, 0.3) is 0 Å². The van der Waals surface area contributed by atoms with Crippen molar-refractivity contribution in [1.29, 1.82) is 0 Å². The SMILES string of the molecule is Cc1cnc2c(c1)S(=O)(=O)N=C(CCN)N2. The summed E-state index contributed by atoms with van der Waals surface area (Å²) in [6.45, 7) is 2.12. The Morgan fingerprint density at radius 3 is 2.94 bits per heavy atom. The van der Waals surface area contributed by atoms with Gasteiger partial charge in [0, 0.05) is 12.6 Å². The molecule has 0 spiro atoms. The van der Waals surface area contributed by atoms with Crippen molar-refractivity contribution in [2.45, 2.75) is 18.2 Å². The lowest BCUT2D eigenvalue weighted by molar-refractivity contribution is 0.597. The maximum atomic E-state index is 11.8. The average Bonchev–Trinajstić information content (AvgIpc) is 2.19. The number of anilines is 1. The highest BCUT2D eigenvalue weighted by Gasteiger charge is 2.25. The van der Waals surface area contributed by atoms with Gasteiger partial charge in [0.1, 0.15) is 10.7 Å². The second kappa shape index (κ2) is 3.84. The van der Waals surface area contributed by atoms with Crippen LogP contribution < -0.4 is 11.1 Å². The van der Waals surface area contributed by atoms with E-state index >= 15 is 0 Å². The van der Waals surface area contributed by atoms with Gasteiger partial charge in [-0.15, -0.1) is 4.40 Å². The normalized spacial score (nSPS) is 17.2. The van der Waals surface area contributed by atoms with Gasteiger partial charge in [0.25, 0.3) is 10.0 Å². The first kappa shape index (κ1) is 11.0. The zero-order valence-electron chi connectivity index (χ0n) is 8.77. The largest absolute Gasteiger partial charge is 0.330 e. The predicted octanol–water partition coefficient (Wildman–Crippen LogP) is 0.252. The Kier molecular flexibility index (Phi) is 2.64. The molecule has 0 bridgehead atoms. The maximum Gasteiger partial charge on any atom is 0.287 e. The molecule has 0 atom stereocenters. The Balaban J connectivity index is 2.53. The monoisotopic (exact) mass is 240 g/mol. The molecule has 6 nitrogen and oxygen atoms in total. The van der Waals surface area contributed by atoms with Crippen molar-refractivity contribution in [1.82, 2.24) is 4.98 Å². The van der Waals surface area contributed by atoms with Crippen molar-refractivity contribution in [3.63, 3.8) is 0 Å². The second-order valence-corrected chi connectivity index (χ2v) is 5.11. The molecule has 3 N–H and O–H groups in total. The van der Waals surface area contributed by atoms with Gasteiger partial charge in [0.05, 0.1) is 0 Å². The Morgan fingerprint density at radius 2 is 2.25 bits per heavy atom. The van der Waals surface area contributed by atoms with Gasteiger partial charge in [-0.25, -0.2) is 4.98 Å². The van der Waals surface area contributed by atoms with Crippen LogP contribution in [-0.2, 0) is 10.0 Å². The van der Waals surface area contributed by atoms with E-state index in [1.165, 1.54) is 0 Å². The quantitative estimate of drug-likeness (QED) is 0.772. The van der Waals surface area contributed by atoms with Crippen molar-refractivity contribution in [3.05, 3.63) is 17.8 Å². The molecule has 16 heavy (non-hydrogen) atoms. The van der Waals surface area contributed by atoms with Gasteiger partial charge in [0.15, 0.2) is 5.82 Å². The molecule has 0 aliphatic carbocycles. The summed E-state index contributed by atoms with van der Waals surface area (Å²) in [6, 6.07) is 1.55. The molecule has 1 aliphatic rings. The topological polar surface area (TPSA) is 97.4 Å². The number of hydrogen-bond acceptors (Lipinski definition) is 5. The van der Waals surface area contributed by atoms with Gasteiger partial charge >= 0.3 is 0 Å². The summed E-state index contributed by atoms with van der Waals surface area (Å²) in [4.78, 5) is 4.15. The van der Waals surface area contributed by atoms with Crippen LogP contribution in [0.3, 0.4) is 0 Å². The van der Waals surface area contributed by atoms with Gasteiger partial charge in [-0.3, -0.25) is 0 Å². The summed E-state index contributed by atoms with van der Waals surface area (Å²) in [5.74, 6) is 0.662. The highest BCUT2D eigenvalue weighted by atomic mass is 32.2. The molecule has 0 aromatic carbocycles. The number of hydrogen-bond donors (Lipinski definition) is 2. The zero-order chi connectivity index (χ0) is 11.8.